The Kier molecular flexibility index (Phi) is 1.98. The summed E-state index contributed by atoms with van der Waals surface area (Å²) in [4.78, 5) is 22.2. The van der Waals surface area contributed by atoms with Crippen molar-refractivity contribution in [2.45, 2.75) is 11.8 Å². The van der Waals surface area contributed by atoms with Crippen LogP contribution in [-0.2, 0) is 10.2 Å². The molecule has 2 atom stereocenters. The van der Waals surface area contributed by atoms with Gasteiger partial charge in [-0.25, -0.2) is 0 Å². The van der Waals surface area contributed by atoms with E-state index >= 15 is 0 Å². The van der Waals surface area contributed by atoms with Gasteiger partial charge in [0.05, 0.1) is 10.3 Å². The lowest BCUT2D eigenvalue weighted by Crippen LogP contribution is -2.21. The van der Waals surface area contributed by atoms with Crippen molar-refractivity contribution in [3.05, 3.63) is 33.9 Å². The number of halogens is 1. The summed E-state index contributed by atoms with van der Waals surface area (Å²) in [5, 5.41) is 13.5. The van der Waals surface area contributed by atoms with Crippen LogP contribution in [0.4, 0.5) is 11.4 Å². The molecule has 2 aliphatic rings. The Labute approximate surface area is 102 Å². The molecule has 1 spiro atoms. The minimum absolute atomic E-state index is 0.0137. The van der Waals surface area contributed by atoms with Gasteiger partial charge in [0.25, 0.3) is 5.69 Å². The van der Waals surface area contributed by atoms with Gasteiger partial charge in [-0.15, -0.1) is 11.6 Å². The SMILES string of the molecule is O=C1Nc2ccc([N+](=O)[O-])cc2[C@]12C[C@H]2CCl. The van der Waals surface area contributed by atoms with Crippen LogP contribution in [0.15, 0.2) is 18.2 Å². The molecule has 3 rings (SSSR count). The van der Waals surface area contributed by atoms with E-state index in [1.54, 1.807) is 6.07 Å². The van der Waals surface area contributed by atoms with E-state index in [1.165, 1.54) is 12.1 Å². The number of anilines is 1. The summed E-state index contributed by atoms with van der Waals surface area (Å²) >= 11 is 5.79. The van der Waals surface area contributed by atoms with E-state index in [0.717, 1.165) is 5.56 Å². The Morgan fingerprint density at radius 1 is 1.59 bits per heavy atom. The van der Waals surface area contributed by atoms with Gasteiger partial charge in [-0.05, 0) is 24.0 Å². The zero-order valence-electron chi connectivity index (χ0n) is 8.77. The second-order valence-electron chi connectivity index (χ2n) is 4.47. The number of hydrogen-bond donors (Lipinski definition) is 1. The lowest BCUT2D eigenvalue weighted by atomic mass is 9.95. The first kappa shape index (κ1) is 10.5. The van der Waals surface area contributed by atoms with E-state index < -0.39 is 10.3 Å². The summed E-state index contributed by atoms with van der Waals surface area (Å²) in [6, 6.07) is 4.47. The van der Waals surface area contributed by atoms with Crippen molar-refractivity contribution < 1.29 is 9.72 Å². The lowest BCUT2D eigenvalue weighted by Gasteiger charge is -2.06. The summed E-state index contributed by atoms with van der Waals surface area (Å²) in [6.45, 7) is 0. The predicted octanol–water partition coefficient (Wildman–Crippen LogP) is 2.04. The Hall–Kier alpha value is -1.62. The third kappa shape index (κ3) is 1.23. The number of amides is 1. The molecule has 1 saturated carbocycles. The van der Waals surface area contributed by atoms with Gasteiger partial charge >= 0.3 is 0 Å². The highest BCUT2D eigenvalue weighted by Gasteiger charge is 2.64. The van der Waals surface area contributed by atoms with Gasteiger partial charge in [-0.3, -0.25) is 14.9 Å². The highest BCUT2D eigenvalue weighted by Crippen LogP contribution is 2.60. The molecule has 1 aliphatic carbocycles. The monoisotopic (exact) mass is 252 g/mol. The molecule has 6 heteroatoms. The molecule has 5 nitrogen and oxygen atoms in total. The lowest BCUT2D eigenvalue weighted by molar-refractivity contribution is -0.384. The summed E-state index contributed by atoms with van der Waals surface area (Å²) in [5.41, 5.74) is 0.804. The molecule has 1 N–H and O–H groups in total. The summed E-state index contributed by atoms with van der Waals surface area (Å²) in [5.74, 6) is 0.404. The van der Waals surface area contributed by atoms with Gasteiger partial charge in [0.1, 0.15) is 0 Å². The largest absolute Gasteiger partial charge is 0.325 e. The van der Waals surface area contributed by atoms with Crippen molar-refractivity contribution in [2.24, 2.45) is 5.92 Å². The highest BCUT2D eigenvalue weighted by molar-refractivity contribution is 6.19. The number of nitrogens with one attached hydrogen (secondary N) is 1. The molecule has 0 saturated heterocycles. The smallest absolute Gasteiger partial charge is 0.269 e. The molecule has 1 fully saturated rings. The van der Waals surface area contributed by atoms with Crippen LogP contribution in [0.2, 0.25) is 0 Å². The normalized spacial score (nSPS) is 29.0. The van der Waals surface area contributed by atoms with E-state index in [1.807, 2.05) is 0 Å². The van der Waals surface area contributed by atoms with Crippen LogP contribution in [0.25, 0.3) is 0 Å². The number of alkyl halides is 1. The first-order valence-corrected chi connectivity index (χ1v) is 5.79. The van der Waals surface area contributed by atoms with E-state index in [0.29, 0.717) is 18.0 Å². The highest BCUT2D eigenvalue weighted by atomic mass is 35.5. The first-order chi connectivity index (χ1) is 8.09. The molecule has 1 aromatic rings. The molecule has 1 heterocycles. The number of carbonyl (C=O) groups excluding carboxylic acids is 1. The van der Waals surface area contributed by atoms with Crippen molar-refractivity contribution in [1.82, 2.24) is 0 Å². The third-order valence-electron chi connectivity index (χ3n) is 3.64. The Morgan fingerprint density at radius 3 is 2.94 bits per heavy atom. The summed E-state index contributed by atoms with van der Waals surface area (Å²) in [6.07, 6.45) is 0.677. The quantitative estimate of drug-likeness (QED) is 0.497. The predicted molar refractivity (Wildman–Crippen MR) is 62.2 cm³/mol. The fourth-order valence-corrected chi connectivity index (χ4v) is 2.98. The van der Waals surface area contributed by atoms with Crippen LogP contribution in [0, 0.1) is 16.0 Å². The minimum atomic E-state index is -0.608. The standard InChI is InChI=1S/C11H9ClN2O3/c12-5-6-4-11(6)8-3-7(14(16)17)1-2-9(8)13-10(11)15/h1-3,6H,4-5H2,(H,13,15)/t6-,11+/m0/s1. The number of nitrogens with zero attached hydrogens (tertiary/aromatic N) is 1. The third-order valence-corrected chi connectivity index (χ3v) is 4.01. The maximum atomic E-state index is 11.9. The average Bonchev–Trinajstić information content (AvgIpc) is 2.97. The van der Waals surface area contributed by atoms with Crippen molar-refractivity contribution in [3.63, 3.8) is 0 Å². The summed E-state index contributed by atoms with van der Waals surface area (Å²) in [7, 11) is 0. The molecule has 0 bridgehead atoms. The maximum Gasteiger partial charge on any atom is 0.269 e. The Morgan fingerprint density at radius 2 is 2.35 bits per heavy atom. The van der Waals surface area contributed by atoms with Crippen LogP contribution in [0.5, 0.6) is 0 Å². The molecule has 1 aliphatic heterocycles. The molecule has 17 heavy (non-hydrogen) atoms. The maximum absolute atomic E-state index is 11.9. The van der Waals surface area contributed by atoms with E-state index in [-0.39, 0.29) is 17.5 Å². The topological polar surface area (TPSA) is 72.2 Å². The van der Waals surface area contributed by atoms with Crippen LogP contribution in [0.3, 0.4) is 0 Å². The Balaban J connectivity index is 2.12. The zero-order valence-corrected chi connectivity index (χ0v) is 9.53. The van der Waals surface area contributed by atoms with E-state index in [9.17, 15) is 14.9 Å². The average molecular weight is 253 g/mol. The van der Waals surface area contributed by atoms with E-state index in [4.69, 9.17) is 11.6 Å². The van der Waals surface area contributed by atoms with Crippen LogP contribution in [-0.4, -0.2) is 16.7 Å². The number of nitro groups is 1. The number of carbonyl (C=O) groups is 1. The second-order valence-corrected chi connectivity index (χ2v) is 4.78. The number of rotatable bonds is 2. The number of nitro benzene ring substituents is 1. The minimum Gasteiger partial charge on any atom is -0.325 e. The Bertz CT molecular complexity index is 546. The van der Waals surface area contributed by atoms with Gasteiger partial charge in [0.15, 0.2) is 0 Å². The number of hydrogen-bond acceptors (Lipinski definition) is 3. The van der Waals surface area contributed by atoms with Crippen molar-refractivity contribution >= 4 is 28.9 Å². The molecule has 0 aromatic heterocycles. The molecular weight excluding hydrogens is 244 g/mol. The van der Waals surface area contributed by atoms with Crippen LogP contribution in [0.1, 0.15) is 12.0 Å². The first-order valence-electron chi connectivity index (χ1n) is 5.26. The molecule has 0 radical (unpaired) electrons. The number of fused-ring (bicyclic) bond motifs is 2. The van der Waals surface area contributed by atoms with Crippen LogP contribution < -0.4 is 5.32 Å². The van der Waals surface area contributed by atoms with Crippen LogP contribution >= 0.6 is 11.6 Å². The van der Waals surface area contributed by atoms with Gasteiger partial charge < -0.3 is 5.32 Å². The molecule has 1 amide bonds. The molecular formula is C11H9ClN2O3. The fourth-order valence-electron chi connectivity index (χ4n) is 2.60. The van der Waals surface area contributed by atoms with Gasteiger partial charge in [0.2, 0.25) is 5.91 Å². The van der Waals surface area contributed by atoms with Crippen molar-refractivity contribution in [2.75, 3.05) is 11.2 Å². The molecule has 88 valence electrons. The van der Waals surface area contributed by atoms with Gasteiger partial charge in [0, 0.05) is 23.7 Å². The van der Waals surface area contributed by atoms with Crippen molar-refractivity contribution in [1.29, 1.82) is 0 Å². The van der Waals surface area contributed by atoms with Gasteiger partial charge in [-0.2, -0.15) is 0 Å². The number of non-ortho nitro benzene ring substituents is 1. The van der Waals surface area contributed by atoms with Gasteiger partial charge in [-0.1, -0.05) is 0 Å². The second kappa shape index (κ2) is 3.20. The molecule has 1 aromatic carbocycles. The zero-order chi connectivity index (χ0) is 12.2. The van der Waals surface area contributed by atoms with E-state index in [2.05, 4.69) is 5.32 Å². The van der Waals surface area contributed by atoms with Crippen molar-refractivity contribution in [3.8, 4) is 0 Å². The number of benzene rings is 1. The fraction of sp³-hybridized carbons (Fsp3) is 0.364. The molecule has 0 unspecified atom stereocenters. The summed E-state index contributed by atoms with van der Waals surface area (Å²) < 4.78 is 0.